The molecule has 7 heteroatoms. The van der Waals surface area contributed by atoms with Gasteiger partial charge in [-0.25, -0.2) is 10.0 Å². The van der Waals surface area contributed by atoms with Crippen molar-refractivity contribution in [3.05, 3.63) is 74.9 Å². The number of fused-ring (bicyclic) bond motifs is 1. The lowest BCUT2D eigenvalue weighted by atomic mass is 10.2. The lowest BCUT2D eigenvalue weighted by molar-refractivity contribution is -0.729. The Morgan fingerprint density at radius 3 is 2.40 bits per heavy atom. The number of hydrogen-bond acceptors (Lipinski definition) is 3. The molecule has 3 aromatic rings. The second kappa shape index (κ2) is 6.98. The third kappa shape index (κ3) is 3.23. The first kappa shape index (κ1) is 17.0. The molecule has 6 nitrogen and oxygen atoms in total. The maximum atomic E-state index is 13.0. The van der Waals surface area contributed by atoms with Gasteiger partial charge in [-0.15, -0.1) is 11.8 Å². The molecular weight excluding hydrogens is 338 g/mol. The second-order valence-electron chi connectivity index (χ2n) is 5.63. The average molecular weight is 356 g/mol. The van der Waals surface area contributed by atoms with Crippen molar-refractivity contribution in [1.82, 2.24) is 9.13 Å². The van der Waals surface area contributed by atoms with Crippen molar-refractivity contribution < 1.29 is 10.1 Å². The smallest absolute Gasteiger partial charge is 0.287 e. The summed E-state index contributed by atoms with van der Waals surface area (Å²) >= 11 is 1.55. The van der Waals surface area contributed by atoms with Gasteiger partial charge in [0.05, 0.1) is 22.5 Å². The van der Waals surface area contributed by atoms with Crippen molar-refractivity contribution >= 4 is 34.2 Å². The van der Waals surface area contributed by atoms with Crippen LogP contribution in [0.1, 0.15) is 12.5 Å². The van der Waals surface area contributed by atoms with Gasteiger partial charge < -0.3 is 0 Å². The fraction of sp³-hybridized carbons (Fsp3) is 0.167. The summed E-state index contributed by atoms with van der Waals surface area (Å²) in [7, 11) is 0. The van der Waals surface area contributed by atoms with E-state index in [2.05, 4.69) is 0 Å². The summed E-state index contributed by atoms with van der Waals surface area (Å²) in [6.07, 6.45) is 1.95. The molecule has 0 fully saturated rings. The maximum absolute atomic E-state index is 13.0. The maximum Gasteiger partial charge on any atom is 0.333 e. The van der Waals surface area contributed by atoms with E-state index in [9.17, 15) is 9.70 Å². The summed E-state index contributed by atoms with van der Waals surface area (Å²) in [6, 6.07) is 14.1. The van der Waals surface area contributed by atoms with Gasteiger partial charge in [0.15, 0.2) is 0 Å². The summed E-state index contributed by atoms with van der Waals surface area (Å²) in [4.78, 5) is 23.7. The molecule has 128 valence electrons. The van der Waals surface area contributed by atoms with Crippen molar-refractivity contribution in [3.63, 3.8) is 0 Å². The van der Waals surface area contributed by atoms with E-state index >= 15 is 0 Å². The summed E-state index contributed by atoms with van der Waals surface area (Å²) in [6.45, 7) is 2.29. The molecule has 25 heavy (non-hydrogen) atoms. The predicted molar refractivity (Wildman–Crippen MR) is 100 cm³/mol. The van der Waals surface area contributed by atoms with E-state index in [1.165, 1.54) is 12.1 Å². The number of aromatic nitrogens is 2. The number of benzene rings is 2. The summed E-state index contributed by atoms with van der Waals surface area (Å²) < 4.78 is 3.41. The summed E-state index contributed by atoms with van der Waals surface area (Å²) in [5, 5.41) is 10.9. The molecule has 0 aliphatic carbocycles. The van der Waals surface area contributed by atoms with Crippen LogP contribution in [-0.4, -0.2) is 25.5 Å². The number of thioether (sulfide) groups is 1. The number of allylic oxidation sites excluding steroid dienone is 1. The van der Waals surface area contributed by atoms with Crippen molar-refractivity contribution in [2.45, 2.75) is 13.5 Å². The van der Waals surface area contributed by atoms with Crippen LogP contribution in [0, 0.1) is 4.91 Å². The molecule has 0 bridgehead atoms. The zero-order chi connectivity index (χ0) is 18.0. The quantitative estimate of drug-likeness (QED) is 0.706. The van der Waals surface area contributed by atoms with Crippen molar-refractivity contribution in [2.24, 2.45) is 0 Å². The SMILES string of the molecule is CS/C=C(/C)n1c(=O)n(Cc2ccc([N+](=O)O)cc2)c2ccccc21. The molecule has 1 aromatic heterocycles. The molecule has 0 saturated heterocycles. The molecule has 0 unspecified atom stereocenters. The van der Waals surface area contributed by atoms with Gasteiger partial charge in [-0.05, 0) is 36.3 Å². The minimum Gasteiger partial charge on any atom is -0.287 e. The number of hydrogen-bond donors (Lipinski definition) is 1. The molecule has 0 aliphatic heterocycles. The van der Waals surface area contributed by atoms with Gasteiger partial charge in [0.25, 0.3) is 4.92 Å². The fourth-order valence-corrected chi connectivity index (χ4v) is 3.28. The van der Waals surface area contributed by atoms with Gasteiger partial charge in [0, 0.05) is 17.8 Å². The summed E-state index contributed by atoms with van der Waals surface area (Å²) in [5.41, 5.74) is 3.47. The minimum absolute atomic E-state index is 0.110. The average Bonchev–Trinajstić information content (AvgIpc) is 2.88. The number of rotatable bonds is 5. The first-order chi connectivity index (χ1) is 12.0. The van der Waals surface area contributed by atoms with Crippen LogP contribution in [0.3, 0.4) is 0 Å². The highest BCUT2D eigenvalue weighted by Gasteiger charge is 2.15. The predicted octanol–water partition coefficient (Wildman–Crippen LogP) is 3.83. The monoisotopic (exact) mass is 356 g/mol. The van der Waals surface area contributed by atoms with Gasteiger partial charge in [-0.2, -0.15) is 0 Å². The molecule has 3 rings (SSSR count). The highest BCUT2D eigenvalue weighted by molar-refractivity contribution is 8.01. The Morgan fingerprint density at radius 1 is 1.16 bits per heavy atom. The molecule has 0 saturated carbocycles. The Morgan fingerprint density at radius 2 is 1.80 bits per heavy atom. The zero-order valence-corrected chi connectivity index (χ0v) is 14.7. The van der Waals surface area contributed by atoms with Crippen LogP contribution < -0.4 is 5.69 Å². The molecule has 0 atom stereocenters. The lowest BCUT2D eigenvalue weighted by Crippen LogP contribution is -2.23. The van der Waals surface area contributed by atoms with E-state index in [1.54, 1.807) is 33.0 Å². The van der Waals surface area contributed by atoms with Gasteiger partial charge in [0.1, 0.15) is 0 Å². The minimum atomic E-state index is -0.182. The molecule has 0 radical (unpaired) electrons. The van der Waals surface area contributed by atoms with Gasteiger partial charge >= 0.3 is 11.4 Å². The van der Waals surface area contributed by atoms with Crippen molar-refractivity contribution in [3.8, 4) is 0 Å². The van der Waals surface area contributed by atoms with Gasteiger partial charge in [-0.3, -0.25) is 9.13 Å². The van der Waals surface area contributed by atoms with E-state index in [-0.39, 0.29) is 16.3 Å². The molecule has 0 spiro atoms. The van der Waals surface area contributed by atoms with Gasteiger partial charge in [0.2, 0.25) is 0 Å². The first-order valence-corrected chi connectivity index (χ1v) is 8.97. The van der Waals surface area contributed by atoms with Crippen LogP contribution in [0.4, 0.5) is 5.69 Å². The number of nitrogens with zero attached hydrogens (tertiary/aromatic N) is 3. The Balaban J connectivity index is 2.10. The summed E-state index contributed by atoms with van der Waals surface area (Å²) in [5.74, 6) is 0. The zero-order valence-electron chi connectivity index (χ0n) is 13.9. The largest absolute Gasteiger partial charge is 0.333 e. The van der Waals surface area contributed by atoms with Crippen molar-refractivity contribution in [1.29, 1.82) is 0 Å². The second-order valence-corrected chi connectivity index (χ2v) is 6.33. The Bertz CT molecular complexity index is 1020. The highest BCUT2D eigenvalue weighted by Crippen LogP contribution is 2.20. The normalized spacial score (nSPS) is 11.8. The topological polar surface area (TPSA) is 67.2 Å². The third-order valence-electron chi connectivity index (χ3n) is 3.97. The molecule has 1 heterocycles. The first-order valence-electron chi connectivity index (χ1n) is 7.68. The Kier molecular flexibility index (Phi) is 4.76. The van der Waals surface area contributed by atoms with E-state index in [1.807, 2.05) is 42.9 Å². The highest BCUT2D eigenvalue weighted by atomic mass is 32.2. The molecule has 1 N–H and O–H groups in total. The van der Waals surface area contributed by atoms with E-state index in [4.69, 9.17) is 5.21 Å². The fourth-order valence-electron chi connectivity index (χ4n) is 2.84. The van der Waals surface area contributed by atoms with Crippen LogP contribution in [0.25, 0.3) is 16.7 Å². The van der Waals surface area contributed by atoms with Crippen LogP contribution in [-0.2, 0) is 6.54 Å². The molecule has 0 amide bonds. The van der Waals surface area contributed by atoms with Crippen LogP contribution in [0.5, 0.6) is 0 Å². The number of imidazole rings is 1. The molecule has 2 aromatic carbocycles. The third-order valence-corrected chi connectivity index (χ3v) is 4.55. The van der Waals surface area contributed by atoms with E-state index in [0.29, 0.717) is 6.54 Å². The van der Waals surface area contributed by atoms with E-state index < -0.39 is 0 Å². The van der Waals surface area contributed by atoms with Crippen molar-refractivity contribution in [2.75, 3.05) is 6.26 Å². The lowest BCUT2D eigenvalue weighted by Gasteiger charge is -2.03. The molecular formula is C18H18N3O3S+. The molecule has 0 aliphatic rings. The van der Waals surface area contributed by atoms with Gasteiger partial charge in [-0.1, -0.05) is 24.3 Å². The van der Waals surface area contributed by atoms with Crippen LogP contribution >= 0.6 is 11.8 Å². The Hall–Kier alpha value is -2.80. The number of para-hydroxylation sites is 2. The van der Waals surface area contributed by atoms with Crippen LogP contribution in [0.2, 0.25) is 0 Å². The Labute approximate surface area is 148 Å². The van der Waals surface area contributed by atoms with E-state index in [0.717, 1.165) is 22.3 Å². The standard InChI is InChI=1S/C18H18N3O3S/c1-13(12-25-2)20-17-6-4-3-5-16(17)19(18(20)22)11-14-7-9-15(10-8-14)21(23)24/h3-10,12H,11H2,1-2H3,(H,23,24)/q+1/b13-12-. The van der Waals surface area contributed by atoms with Crippen LogP contribution in [0.15, 0.2) is 58.7 Å².